The summed E-state index contributed by atoms with van der Waals surface area (Å²) in [5, 5.41) is 21.9. The summed E-state index contributed by atoms with van der Waals surface area (Å²) in [6, 6.07) is 50.9. The average Bonchev–Trinajstić information content (AvgIpc) is 1.43. The molecule has 1 heterocycles. The third-order valence-electron chi connectivity index (χ3n) is 18.2. The maximum absolute atomic E-state index is 14.3. The van der Waals surface area contributed by atoms with E-state index in [-0.39, 0.29) is 55.5 Å². The monoisotopic (exact) mass is 1290 g/mol. The first-order valence-electron chi connectivity index (χ1n) is 32.4. The molecule has 92 heavy (non-hydrogen) atoms. The van der Waals surface area contributed by atoms with Gasteiger partial charge in [0.1, 0.15) is 23.0 Å². The molecule has 3 aliphatic rings. The van der Waals surface area contributed by atoms with E-state index in [1.807, 2.05) is 30.3 Å². The Kier molecular flexibility index (Phi) is 19.2. The SMILES string of the molecule is CC(C)(C)c1cc(C=NCCN=Cc2cc(C(C)(C)C)cc(C(C)(C)C)c2O)c(O)c(C(C)(C)C)c1.C[C@H]1CCc2cc(-c3ccc(C(C)(C)C)cc3)c3c(c2C1=C1c2ccccc2-c2ccccc21)-c1cccc(-c2ccc(C(C)(C)C)cc2)c1OP(=O)(O)O3.[Mn]. The molecule has 0 bridgehead atoms. The van der Waals surface area contributed by atoms with Crippen LogP contribution in [0.15, 0.2) is 156 Å². The van der Waals surface area contributed by atoms with Crippen molar-refractivity contribution in [2.45, 2.75) is 177 Å². The van der Waals surface area contributed by atoms with Gasteiger partial charge in [-0.25, -0.2) is 4.57 Å². The Balaban J connectivity index is 0.000000236. The minimum absolute atomic E-state index is 0. The van der Waals surface area contributed by atoms with Crippen molar-refractivity contribution in [3.8, 4) is 67.5 Å². The van der Waals surface area contributed by atoms with Crippen LogP contribution in [-0.2, 0) is 60.5 Å². The molecule has 0 saturated heterocycles. The molecule has 3 N–H and O–H groups in total. The Morgan fingerprint density at radius 1 is 0.457 bits per heavy atom. The van der Waals surface area contributed by atoms with Gasteiger partial charge in [0.15, 0.2) is 0 Å². The van der Waals surface area contributed by atoms with Crippen LogP contribution in [-0.4, -0.2) is 40.6 Å². The minimum Gasteiger partial charge on any atom is -0.507 e. The molecule has 10 heteroatoms. The maximum Gasteiger partial charge on any atom is 0.584 e. The van der Waals surface area contributed by atoms with E-state index >= 15 is 0 Å². The molecular formula is C82H95MnN2O6P. The molecule has 0 saturated carbocycles. The number of aromatic hydroxyl groups is 2. The number of phosphoric acid groups is 1. The largest absolute Gasteiger partial charge is 0.584 e. The number of hydrogen-bond acceptors (Lipinski definition) is 7. The summed E-state index contributed by atoms with van der Waals surface area (Å²) >= 11 is 0. The normalized spacial score (nSPS) is 16.5. The van der Waals surface area contributed by atoms with Crippen LogP contribution in [0.3, 0.4) is 0 Å². The van der Waals surface area contributed by atoms with E-state index in [0.29, 0.717) is 36.1 Å². The summed E-state index contributed by atoms with van der Waals surface area (Å²) in [5.74, 6) is 1.51. The Bertz CT molecular complexity index is 4100. The van der Waals surface area contributed by atoms with Gasteiger partial charge in [0.25, 0.3) is 0 Å². The Hall–Kier alpha value is -7.25. The summed E-state index contributed by atoms with van der Waals surface area (Å²) in [4.78, 5) is 20.8. The quantitative estimate of drug-likeness (QED) is 0.0633. The zero-order valence-electron chi connectivity index (χ0n) is 57.7. The van der Waals surface area contributed by atoms with E-state index in [1.165, 1.54) is 61.2 Å². The molecule has 8 aromatic carbocycles. The fourth-order valence-electron chi connectivity index (χ4n) is 12.8. The molecular weight excluding hydrogens is 1190 g/mol. The van der Waals surface area contributed by atoms with Gasteiger partial charge in [-0.1, -0.05) is 259 Å². The second-order valence-corrected chi connectivity index (χ2v) is 32.8. The third-order valence-corrected chi connectivity index (χ3v) is 19.0. The third kappa shape index (κ3) is 14.3. The molecule has 0 amide bonds. The summed E-state index contributed by atoms with van der Waals surface area (Å²) in [5.41, 5.74) is 22.1. The van der Waals surface area contributed by atoms with Gasteiger partial charge in [-0.05, 0) is 147 Å². The van der Waals surface area contributed by atoms with Crippen molar-refractivity contribution in [1.29, 1.82) is 0 Å². The van der Waals surface area contributed by atoms with Crippen LogP contribution in [0.5, 0.6) is 23.0 Å². The zero-order chi connectivity index (χ0) is 66.1. The van der Waals surface area contributed by atoms with Gasteiger partial charge in [-0.15, -0.1) is 0 Å². The number of hydrogen-bond donors (Lipinski definition) is 3. The number of para-hydroxylation sites is 1. The summed E-state index contributed by atoms with van der Waals surface area (Å²) in [7, 11) is -4.68. The Labute approximate surface area is 559 Å². The summed E-state index contributed by atoms with van der Waals surface area (Å²) in [6.07, 6.45) is 5.34. The summed E-state index contributed by atoms with van der Waals surface area (Å²) in [6.45, 7) is 42.2. The van der Waals surface area contributed by atoms with Crippen LogP contribution in [0.2, 0.25) is 0 Å². The standard InChI is InChI=1S/C50H47O4P.C32H48N2O2.Mn/c1-30-19-20-33-29-42(32-23-27-35(28-24-32)50(5,6)7)48-46(44(33)43(30)45-39-15-10-8-13-37(39)38-14-9-11-16-40(38)45)41-18-12-17-36(47(41)53-55(51,52)54-48)31-21-25-34(26-22-31)49(2,3)4;1-29(2,3)23-15-21(27(35)25(17-23)31(7,8)9)19-33-13-14-34-20-22-16-24(30(4,5)6)18-26(28(22)36)32(10,11)12;/h8-18,21-30H,19-20H2,1-7H3,(H,51,52);15-20,35-36H,13-14H2,1-12H3;/t30-;;/m0../s1. The number of phosphoric ester groups is 1. The van der Waals surface area contributed by atoms with Crippen LogP contribution in [0.4, 0.5) is 0 Å². The molecule has 1 unspecified atom stereocenters. The van der Waals surface area contributed by atoms with Crippen LogP contribution < -0.4 is 9.05 Å². The van der Waals surface area contributed by atoms with Gasteiger partial charge in [-0.2, -0.15) is 0 Å². The Morgan fingerprint density at radius 2 is 0.848 bits per heavy atom. The molecule has 11 rings (SSSR count). The number of benzene rings is 8. The molecule has 1 aliphatic heterocycles. The molecule has 0 fully saturated rings. The summed E-state index contributed by atoms with van der Waals surface area (Å²) < 4.78 is 26.9. The van der Waals surface area contributed by atoms with E-state index < -0.39 is 7.82 Å². The van der Waals surface area contributed by atoms with Gasteiger partial charge in [0.2, 0.25) is 0 Å². The fourth-order valence-corrected chi connectivity index (χ4v) is 13.7. The van der Waals surface area contributed by atoms with Crippen molar-refractivity contribution >= 4 is 31.4 Å². The van der Waals surface area contributed by atoms with Gasteiger partial charge in [0.05, 0.1) is 13.1 Å². The number of allylic oxidation sites excluding steroid dienone is 1. The van der Waals surface area contributed by atoms with Crippen molar-refractivity contribution in [1.82, 2.24) is 0 Å². The van der Waals surface area contributed by atoms with E-state index in [2.05, 4.69) is 257 Å². The molecule has 0 spiro atoms. The zero-order valence-corrected chi connectivity index (χ0v) is 59.8. The van der Waals surface area contributed by atoms with E-state index in [1.54, 1.807) is 12.4 Å². The topological polar surface area (TPSA) is 121 Å². The first-order chi connectivity index (χ1) is 42.4. The van der Waals surface area contributed by atoms with Crippen LogP contribution in [0.25, 0.3) is 55.7 Å². The second kappa shape index (κ2) is 25.6. The molecule has 2 atom stereocenters. The second-order valence-electron chi connectivity index (χ2n) is 31.5. The number of nitrogens with zero attached hydrogens (tertiary/aromatic N) is 2. The van der Waals surface area contributed by atoms with E-state index in [4.69, 9.17) is 9.05 Å². The molecule has 0 aromatic heterocycles. The van der Waals surface area contributed by atoms with Gasteiger partial charge in [0, 0.05) is 74.0 Å². The van der Waals surface area contributed by atoms with Gasteiger partial charge < -0.3 is 19.3 Å². The molecule has 481 valence electrons. The average molecular weight is 1290 g/mol. The van der Waals surface area contributed by atoms with Crippen LogP contribution >= 0.6 is 7.82 Å². The molecule has 1 radical (unpaired) electrons. The smallest absolute Gasteiger partial charge is 0.507 e. The van der Waals surface area contributed by atoms with Crippen molar-refractivity contribution in [3.05, 3.63) is 212 Å². The van der Waals surface area contributed by atoms with Gasteiger partial charge >= 0.3 is 7.82 Å². The molecule has 2 aliphatic carbocycles. The number of phenolic OH excluding ortho intramolecular Hbond substituents is 2. The Morgan fingerprint density at radius 3 is 1.27 bits per heavy atom. The molecule has 8 aromatic rings. The van der Waals surface area contributed by atoms with Crippen molar-refractivity contribution in [2.75, 3.05) is 13.1 Å². The van der Waals surface area contributed by atoms with Crippen molar-refractivity contribution < 1.29 is 45.8 Å². The molecule has 8 nitrogen and oxygen atoms in total. The number of rotatable bonds is 7. The predicted molar refractivity (Wildman–Crippen MR) is 382 cm³/mol. The van der Waals surface area contributed by atoms with Crippen LogP contribution in [0, 0.1) is 5.92 Å². The van der Waals surface area contributed by atoms with Crippen molar-refractivity contribution in [3.63, 3.8) is 0 Å². The van der Waals surface area contributed by atoms with E-state index in [0.717, 1.165) is 74.0 Å². The minimum atomic E-state index is -4.68. The predicted octanol–water partition coefficient (Wildman–Crippen LogP) is 21.5. The number of aliphatic imine (C=N–C) groups is 2. The fraction of sp³-hybridized carbons (Fsp3) is 0.366. The van der Waals surface area contributed by atoms with Gasteiger partial charge in [-0.3, -0.25) is 14.9 Å². The van der Waals surface area contributed by atoms with E-state index in [9.17, 15) is 19.7 Å². The number of phenols is 2. The van der Waals surface area contributed by atoms with Crippen molar-refractivity contribution in [2.24, 2.45) is 15.9 Å². The maximum atomic E-state index is 14.3. The van der Waals surface area contributed by atoms with Crippen LogP contribution in [0.1, 0.15) is 205 Å². The first kappa shape index (κ1) is 69.1. The first-order valence-corrected chi connectivity index (χ1v) is 33.9. The number of fused-ring (bicyclic) bond motifs is 8. The number of aryl methyl sites for hydroxylation is 1.